The Hall–Kier alpha value is -2.21. The van der Waals surface area contributed by atoms with Gasteiger partial charge in [-0.3, -0.25) is 9.69 Å². The molecular weight excluding hydrogens is 390 g/mol. The van der Waals surface area contributed by atoms with E-state index in [0.717, 1.165) is 18.4 Å². The van der Waals surface area contributed by atoms with Crippen molar-refractivity contribution in [1.29, 1.82) is 0 Å². The van der Waals surface area contributed by atoms with Crippen LogP contribution in [-0.2, 0) is 4.74 Å². The van der Waals surface area contributed by atoms with Crippen LogP contribution in [0.3, 0.4) is 0 Å². The molecule has 1 aromatic carbocycles. The van der Waals surface area contributed by atoms with Gasteiger partial charge >= 0.3 is 5.97 Å². The molecule has 2 aliphatic heterocycles. The van der Waals surface area contributed by atoms with Gasteiger partial charge in [-0.1, -0.05) is 37.8 Å². The lowest BCUT2D eigenvalue weighted by molar-refractivity contribution is 0.0505. The van der Waals surface area contributed by atoms with E-state index >= 15 is 0 Å². The average Bonchev–Trinajstić information content (AvgIpc) is 2.96. The van der Waals surface area contributed by atoms with Crippen LogP contribution >= 0.6 is 0 Å². The standard InChI is InChI=1S/C25H33N3O3/c1-2-31-25(30)23-24(29)28(22-12-8-7-11-21(22)26-23)20-15-18-13-14-19(16-20)27(18)17-9-5-3-4-6-10-17/h7-8,11-12,17-20H,2-6,9-10,13-16H2,1H3/t18-,19+,20?. The number of para-hydroxylation sites is 2. The van der Waals surface area contributed by atoms with Crippen LogP contribution in [0.1, 0.15) is 87.7 Å². The Labute approximate surface area is 183 Å². The molecule has 166 valence electrons. The van der Waals surface area contributed by atoms with Gasteiger partial charge in [-0.2, -0.15) is 0 Å². The Balaban J connectivity index is 1.50. The second-order valence-corrected chi connectivity index (χ2v) is 9.45. The van der Waals surface area contributed by atoms with Gasteiger partial charge in [0.2, 0.25) is 5.69 Å². The smallest absolute Gasteiger partial charge is 0.362 e. The first kappa shape index (κ1) is 20.7. The van der Waals surface area contributed by atoms with E-state index in [1.54, 1.807) is 6.92 Å². The van der Waals surface area contributed by atoms with Gasteiger partial charge in [-0.05, 0) is 57.6 Å². The monoisotopic (exact) mass is 423 g/mol. The first-order chi connectivity index (χ1) is 15.2. The summed E-state index contributed by atoms with van der Waals surface area (Å²) < 4.78 is 7.01. The Morgan fingerprint density at radius 1 is 0.968 bits per heavy atom. The Morgan fingerprint density at radius 3 is 2.32 bits per heavy atom. The normalized spacial score (nSPS) is 27.3. The SMILES string of the molecule is CCOC(=O)c1nc2ccccc2n(C2C[C@H]3CC[C@@H](C2)N3C2CCCCCC2)c1=O. The topological polar surface area (TPSA) is 64.4 Å². The number of carbonyl (C=O) groups is 1. The van der Waals surface area contributed by atoms with E-state index in [2.05, 4.69) is 9.88 Å². The quantitative estimate of drug-likeness (QED) is 0.536. The van der Waals surface area contributed by atoms with Crippen molar-refractivity contribution in [2.75, 3.05) is 6.61 Å². The van der Waals surface area contributed by atoms with Crippen molar-refractivity contribution in [3.63, 3.8) is 0 Å². The van der Waals surface area contributed by atoms with Gasteiger partial charge in [0.15, 0.2) is 0 Å². The molecule has 2 aromatic rings. The van der Waals surface area contributed by atoms with E-state index in [-0.39, 0.29) is 23.9 Å². The molecule has 6 nitrogen and oxygen atoms in total. The zero-order valence-electron chi connectivity index (χ0n) is 18.5. The van der Waals surface area contributed by atoms with Gasteiger partial charge in [0, 0.05) is 24.2 Å². The molecule has 0 radical (unpaired) electrons. The summed E-state index contributed by atoms with van der Waals surface area (Å²) in [4.78, 5) is 33.1. The minimum Gasteiger partial charge on any atom is -0.461 e. The zero-order chi connectivity index (χ0) is 21.4. The highest BCUT2D eigenvalue weighted by molar-refractivity contribution is 5.89. The fourth-order valence-electron chi connectivity index (χ4n) is 6.40. The molecule has 3 fully saturated rings. The number of hydrogen-bond donors (Lipinski definition) is 0. The number of esters is 1. The summed E-state index contributed by atoms with van der Waals surface area (Å²) in [6.07, 6.45) is 12.5. The van der Waals surface area contributed by atoms with Crippen molar-refractivity contribution in [3.05, 3.63) is 40.3 Å². The molecule has 31 heavy (non-hydrogen) atoms. The molecule has 1 unspecified atom stereocenters. The van der Waals surface area contributed by atoms with Crippen molar-refractivity contribution in [2.45, 2.75) is 95.3 Å². The summed E-state index contributed by atoms with van der Waals surface area (Å²) in [5.41, 5.74) is 1.13. The number of hydrogen-bond acceptors (Lipinski definition) is 5. The number of aromatic nitrogens is 2. The van der Waals surface area contributed by atoms with Crippen LogP contribution in [0, 0.1) is 0 Å². The summed E-state index contributed by atoms with van der Waals surface area (Å²) in [5.74, 6) is -0.620. The summed E-state index contributed by atoms with van der Waals surface area (Å²) in [6, 6.07) is 9.57. The highest BCUT2D eigenvalue weighted by atomic mass is 16.5. The van der Waals surface area contributed by atoms with Crippen molar-refractivity contribution in [3.8, 4) is 0 Å². The molecule has 6 heteroatoms. The number of nitrogens with zero attached hydrogens (tertiary/aromatic N) is 3. The first-order valence-electron chi connectivity index (χ1n) is 12.1. The summed E-state index contributed by atoms with van der Waals surface area (Å²) in [7, 11) is 0. The molecule has 2 saturated heterocycles. The number of carbonyl (C=O) groups excluding carboxylic acids is 1. The number of piperidine rings is 1. The molecule has 0 N–H and O–H groups in total. The predicted molar refractivity (Wildman–Crippen MR) is 120 cm³/mol. The molecule has 3 atom stereocenters. The van der Waals surface area contributed by atoms with Crippen LogP contribution in [-0.4, -0.2) is 45.2 Å². The maximum Gasteiger partial charge on any atom is 0.362 e. The molecule has 1 saturated carbocycles. The van der Waals surface area contributed by atoms with Crippen molar-refractivity contribution >= 4 is 17.0 Å². The van der Waals surface area contributed by atoms with Crippen molar-refractivity contribution < 1.29 is 9.53 Å². The average molecular weight is 424 g/mol. The Kier molecular flexibility index (Phi) is 5.83. The largest absolute Gasteiger partial charge is 0.461 e. The fourth-order valence-corrected chi connectivity index (χ4v) is 6.40. The fraction of sp³-hybridized carbons (Fsp3) is 0.640. The summed E-state index contributed by atoms with van der Waals surface area (Å²) in [6.45, 7) is 1.98. The van der Waals surface area contributed by atoms with Crippen LogP contribution in [0.25, 0.3) is 11.0 Å². The molecule has 0 amide bonds. The van der Waals surface area contributed by atoms with Gasteiger partial charge in [0.25, 0.3) is 5.56 Å². The van der Waals surface area contributed by atoms with Gasteiger partial charge in [0.1, 0.15) is 0 Å². The number of fused-ring (bicyclic) bond motifs is 3. The van der Waals surface area contributed by atoms with Crippen molar-refractivity contribution in [1.82, 2.24) is 14.5 Å². The first-order valence-corrected chi connectivity index (χ1v) is 12.1. The lowest BCUT2D eigenvalue weighted by Crippen LogP contribution is -2.50. The molecule has 3 aliphatic rings. The molecule has 1 aromatic heterocycles. The summed E-state index contributed by atoms with van der Waals surface area (Å²) in [5, 5.41) is 0. The van der Waals surface area contributed by atoms with Crippen LogP contribution < -0.4 is 5.56 Å². The maximum absolute atomic E-state index is 13.4. The lowest BCUT2D eigenvalue weighted by Gasteiger charge is -2.44. The maximum atomic E-state index is 13.4. The minimum absolute atomic E-state index is 0.0842. The van der Waals surface area contributed by atoms with E-state index < -0.39 is 5.97 Å². The van der Waals surface area contributed by atoms with Crippen LogP contribution in [0.2, 0.25) is 0 Å². The van der Waals surface area contributed by atoms with E-state index in [9.17, 15) is 9.59 Å². The Bertz CT molecular complexity index is 995. The molecule has 3 heterocycles. The highest BCUT2D eigenvalue weighted by Crippen LogP contribution is 2.44. The van der Waals surface area contributed by atoms with Crippen LogP contribution in [0.5, 0.6) is 0 Å². The van der Waals surface area contributed by atoms with Gasteiger partial charge in [-0.15, -0.1) is 0 Å². The van der Waals surface area contributed by atoms with Crippen LogP contribution in [0.4, 0.5) is 0 Å². The molecule has 2 bridgehead atoms. The zero-order valence-corrected chi connectivity index (χ0v) is 18.5. The second kappa shape index (κ2) is 8.73. The predicted octanol–water partition coefficient (Wildman–Crippen LogP) is 4.46. The molecular formula is C25H33N3O3. The third-order valence-electron chi connectivity index (χ3n) is 7.64. The third-order valence-corrected chi connectivity index (χ3v) is 7.64. The van der Waals surface area contributed by atoms with E-state index in [0.29, 0.717) is 23.6 Å². The molecule has 0 spiro atoms. The summed E-state index contributed by atoms with van der Waals surface area (Å²) >= 11 is 0. The van der Waals surface area contributed by atoms with E-state index in [1.807, 2.05) is 28.8 Å². The van der Waals surface area contributed by atoms with Gasteiger partial charge in [0.05, 0.1) is 17.6 Å². The Morgan fingerprint density at radius 2 is 1.65 bits per heavy atom. The van der Waals surface area contributed by atoms with Crippen LogP contribution in [0.15, 0.2) is 29.1 Å². The second-order valence-electron chi connectivity index (χ2n) is 9.45. The highest BCUT2D eigenvalue weighted by Gasteiger charge is 2.44. The number of benzene rings is 1. The van der Waals surface area contributed by atoms with E-state index in [4.69, 9.17) is 4.74 Å². The number of ether oxygens (including phenoxy) is 1. The van der Waals surface area contributed by atoms with Gasteiger partial charge < -0.3 is 9.30 Å². The molecule has 5 rings (SSSR count). The van der Waals surface area contributed by atoms with Crippen molar-refractivity contribution in [2.24, 2.45) is 0 Å². The minimum atomic E-state index is -0.620. The van der Waals surface area contributed by atoms with Gasteiger partial charge in [-0.25, -0.2) is 9.78 Å². The third kappa shape index (κ3) is 3.79. The number of rotatable bonds is 4. The van der Waals surface area contributed by atoms with E-state index in [1.165, 1.54) is 51.4 Å². The molecule has 1 aliphatic carbocycles. The lowest BCUT2D eigenvalue weighted by atomic mass is 9.92.